The van der Waals surface area contributed by atoms with Crippen molar-refractivity contribution in [3.05, 3.63) is 56.1 Å². The lowest BCUT2D eigenvalue weighted by molar-refractivity contribution is 0.292. The van der Waals surface area contributed by atoms with E-state index in [9.17, 15) is 4.79 Å². The number of rotatable bonds is 5. The van der Waals surface area contributed by atoms with Crippen molar-refractivity contribution in [3.8, 4) is 5.75 Å². The number of hydrogen-bond donors (Lipinski definition) is 0. The second-order valence-corrected chi connectivity index (χ2v) is 6.19. The van der Waals surface area contributed by atoms with Gasteiger partial charge < -0.3 is 4.74 Å². The molecule has 0 N–H and O–H groups in total. The van der Waals surface area contributed by atoms with Crippen LogP contribution in [0, 0.1) is 0 Å². The van der Waals surface area contributed by atoms with Gasteiger partial charge in [0.05, 0.1) is 6.54 Å². The molecule has 2 aromatic rings. The van der Waals surface area contributed by atoms with E-state index in [-0.39, 0.29) is 16.6 Å². The van der Waals surface area contributed by atoms with Crippen molar-refractivity contribution in [1.29, 1.82) is 0 Å². The van der Waals surface area contributed by atoms with Crippen LogP contribution in [0.15, 0.2) is 39.6 Å². The largest absolute Gasteiger partial charge is 0.492 e. The summed E-state index contributed by atoms with van der Waals surface area (Å²) >= 11 is 9.22. The minimum atomic E-state index is -0.155. The summed E-state index contributed by atoms with van der Waals surface area (Å²) in [6, 6.07) is 8.88. The lowest BCUT2D eigenvalue weighted by atomic mass is 10.2. The number of nitrogens with zero attached hydrogens (tertiary/aromatic N) is 2. The summed E-state index contributed by atoms with van der Waals surface area (Å²) < 4.78 is 8.25. The molecule has 1 heterocycles. The zero-order valence-electron chi connectivity index (χ0n) is 11.8. The lowest BCUT2D eigenvalue weighted by Crippen LogP contribution is -2.27. The summed E-state index contributed by atoms with van der Waals surface area (Å²) in [5.41, 5.74) is -0.155. The maximum Gasteiger partial charge on any atom is 0.255 e. The van der Waals surface area contributed by atoms with E-state index in [1.165, 1.54) is 6.07 Å². The third-order valence-electron chi connectivity index (χ3n) is 2.92. The minimum absolute atomic E-state index is 0.115. The van der Waals surface area contributed by atoms with Gasteiger partial charge in [0.15, 0.2) is 0 Å². The summed E-state index contributed by atoms with van der Waals surface area (Å²) in [5.74, 6) is 1.55. The van der Waals surface area contributed by atoms with Crippen LogP contribution in [-0.4, -0.2) is 16.2 Å². The third-order valence-corrected chi connectivity index (χ3v) is 3.64. The Hall–Kier alpha value is -1.33. The standard InChI is InChI=1S/C15H16BrClN2O2/c1-10(2)15-18-13(17)9-14(20)19(15)7-8-21-12-5-3-11(16)4-6-12/h3-6,9-10H,7-8H2,1-2H3. The molecule has 0 aliphatic rings. The van der Waals surface area contributed by atoms with Gasteiger partial charge in [0, 0.05) is 16.5 Å². The SMILES string of the molecule is CC(C)c1nc(Cl)cc(=O)n1CCOc1ccc(Br)cc1. The van der Waals surface area contributed by atoms with Crippen molar-refractivity contribution in [2.75, 3.05) is 6.61 Å². The monoisotopic (exact) mass is 370 g/mol. The molecule has 0 aliphatic carbocycles. The molecule has 0 saturated heterocycles. The molecule has 0 fully saturated rings. The van der Waals surface area contributed by atoms with Crippen LogP contribution in [0.25, 0.3) is 0 Å². The van der Waals surface area contributed by atoms with E-state index in [1.807, 2.05) is 38.1 Å². The molecule has 6 heteroatoms. The predicted octanol–water partition coefficient (Wildman–Crippen LogP) is 3.86. The Labute approximate surface area is 136 Å². The smallest absolute Gasteiger partial charge is 0.255 e. The average molecular weight is 372 g/mol. The first-order chi connectivity index (χ1) is 9.97. The van der Waals surface area contributed by atoms with Crippen molar-refractivity contribution in [2.24, 2.45) is 0 Å². The van der Waals surface area contributed by atoms with Crippen LogP contribution in [0.3, 0.4) is 0 Å². The second kappa shape index (κ2) is 7.09. The van der Waals surface area contributed by atoms with Crippen molar-refractivity contribution < 1.29 is 4.74 Å². The highest BCUT2D eigenvalue weighted by molar-refractivity contribution is 9.10. The Morgan fingerprint density at radius 3 is 2.62 bits per heavy atom. The predicted molar refractivity (Wildman–Crippen MR) is 87.2 cm³/mol. The molecule has 4 nitrogen and oxygen atoms in total. The molecule has 0 saturated carbocycles. The van der Waals surface area contributed by atoms with Gasteiger partial charge in [-0.05, 0) is 24.3 Å². The number of aromatic nitrogens is 2. The molecule has 0 atom stereocenters. The van der Waals surface area contributed by atoms with E-state index in [4.69, 9.17) is 16.3 Å². The van der Waals surface area contributed by atoms with E-state index in [2.05, 4.69) is 20.9 Å². The molecule has 1 aromatic carbocycles. The van der Waals surface area contributed by atoms with Crippen LogP contribution in [-0.2, 0) is 6.54 Å². The molecular formula is C15H16BrClN2O2. The van der Waals surface area contributed by atoms with Gasteiger partial charge in [0.2, 0.25) is 0 Å². The van der Waals surface area contributed by atoms with Gasteiger partial charge in [-0.1, -0.05) is 41.4 Å². The quantitative estimate of drug-likeness (QED) is 0.750. The van der Waals surface area contributed by atoms with E-state index < -0.39 is 0 Å². The summed E-state index contributed by atoms with van der Waals surface area (Å²) in [7, 11) is 0. The second-order valence-electron chi connectivity index (χ2n) is 4.88. The molecule has 2 rings (SSSR count). The first kappa shape index (κ1) is 16.0. The number of benzene rings is 1. The van der Waals surface area contributed by atoms with Crippen molar-refractivity contribution in [1.82, 2.24) is 9.55 Å². The Morgan fingerprint density at radius 2 is 2.00 bits per heavy atom. The molecule has 21 heavy (non-hydrogen) atoms. The summed E-state index contributed by atoms with van der Waals surface area (Å²) in [5, 5.41) is 0.230. The number of hydrogen-bond acceptors (Lipinski definition) is 3. The molecule has 0 aliphatic heterocycles. The van der Waals surface area contributed by atoms with Crippen LogP contribution in [0.1, 0.15) is 25.6 Å². The van der Waals surface area contributed by atoms with E-state index in [0.29, 0.717) is 19.0 Å². The van der Waals surface area contributed by atoms with Gasteiger partial charge in [-0.25, -0.2) is 4.98 Å². The van der Waals surface area contributed by atoms with Gasteiger partial charge in [-0.2, -0.15) is 0 Å². The highest BCUT2D eigenvalue weighted by Crippen LogP contribution is 2.16. The van der Waals surface area contributed by atoms with E-state index in [0.717, 1.165) is 10.2 Å². The topological polar surface area (TPSA) is 44.1 Å². The Kier molecular flexibility index (Phi) is 5.42. The fourth-order valence-electron chi connectivity index (χ4n) is 1.95. The van der Waals surface area contributed by atoms with E-state index in [1.54, 1.807) is 4.57 Å². The van der Waals surface area contributed by atoms with Gasteiger partial charge in [-0.15, -0.1) is 0 Å². The molecule has 0 unspecified atom stereocenters. The van der Waals surface area contributed by atoms with Crippen LogP contribution >= 0.6 is 27.5 Å². The fourth-order valence-corrected chi connectivity index (χ4v) is 2.39. The summed E-state index contributed by atoms with van der Waals surface area (Å²) in [6.07, 6.45) is 0. The normalized spacial score (nSPS) is 10.9. The molecule has 0 radical (unpaired) electrons. The molecule has 0 amide bonds. The molecule has 1 aromatic heterocycles. The third kappa shape index (κ3) is 4.32. The fraction of sp³-hybridized carbons (Fsp3) is 0.333. The maximum atomic E-state index is 12.0. The maximum absolute atomic E-state index is 12.0. The minimum Gasteiger partial charge on any atom is -0.492 e. The zero-order valence-corrected chi connectivity index (χ0v) is 14.2. The van der Waals surface area contributed by atoms with Gasteiger partial charge in [0.25, 0.3) is 5.56 Å². The van der Waals surface area contributed by atoms with Gasteiger partial charge in [-0.3, -0.25) is 9.36 Å². The zero-order chi connectivity index (χ0) is 15.4. The average Bonchev–Trinajstić information content (AvgIpc) is 2.42. The Morgan fingerprint density at radius 1 is 1.33 bits per heavy atom. The van der Waals surface area contributed by atoms with Crippen LogP contribution in [0.2, 0.25) is 5.15 Å². The first-order valence-corrected chi connectivity index (χ1v) is 7.80. The van der Waals surface area contributed by atoms with E-state index >= 15 is 0 Å². The van der Waals surface area contributed by atoms with Crippen molar-refractivity contribution in [2.45, 2.75) is 26.3 Å². The molecular weight excluding hydrogens is 356 g/mol. The highest BCUT2D eigenvalue weighted by Gasteiger charge is 2.11. The molecule has 112 valence electrons. The number of ether oxygens (including phenoxy) is 1. The van der Waals surface area contributed by atoms with Crippen LogP contribution < -0.4 is 10.3 Å². The number of halogens is 2. The van der Waals surface area contributed by atoms with Crippen LogP contribution in [0.4, 0.5) is 0 Å². The summed E-state index contributed by atoms with van der Waals surface area (Å²) in [6.45, 7) is 4.78. The van der Waals surface area contributed by atoms with Crippen molar-refractivity contribution in [3.63, 3.8) is 0 Å². The Bertz CT molecular complexity index is 668. The van der Waals surface area contributed by atoms with Gasteiger partial charge >= 0.3 is 0 Å². The summed E-state index contributed by atoms with van der Waals surface area (Å²) in [4.78, 5) is 16.3. The molecule has 0 bridgehead atoms. The van der Waals surface area contributed by atoms with Gasteiger partial charge in [0.1, 0.15) is 23.3 Å². The lowest BCUT2D eigenvalue weighted by Gasteiger charge is -2.15. The van der Waals surface area contributed by atoms with Crippen LogP contribution in [0.5, 0.6) is 5.75 Å². The Balaban J connectivity index is 2.09. The first-order valence-electron chi connectivity index (χ1n) is 6.63. The molecule has 0 spiro atoms. The highest BCUT2D eigenvalue weighted by atomic mass is 79.9. The van der Waals surface area contributed by atoms with Crippen molar-refractivity contribution >= 4 is 27.5 Å².